The Morgan fingerprint density at radius 2 is 2.45 bits per heavy atom. The van der Waals surface area contributed by atoms with Crippen LogP contribution < -0.4 is 10.6 Å². The van der Waals surface area contributed by atoms with E-state index < -0.39 is 0 Å². The van der Waals surface area contributed by atoms with Crippen molar-refractivity contribution < 1.29 is 0 Å². The van der Waals surface area contributed by atoms with Crippen LogP contribution in [0.1, 0.15) is 5.56 Å². The average molecular weight is 151 g/mol. The fourth-order valence-electron chi connectivity index (χ4n) is 0.835. The number of pyridine rings is 1. The quantitative estimate of drug-likeness (QED) is 0.481. The van der Waals surface area contributed by atoms with Crippen molar-refractivity contribution >= 4 is 0 Å². The zero-order chi connectivity index (χ0) is 7.94. The summed E-state index contributed by atoms with van der Waals surface area (Å²) in [4.78, 5) is 4.00. The smallest absolute Gasteiger partial charge is 0.0454 e. The fourth-order valence-corrected chi connectivity index (χ4v) is 0.835. The highest BCUT2D eigenvalue weighted by molar-refractivity contribution is 5.07. The van der Waals surface area contributed by atoms with Crippen LogP contribution in [0.15, 0.2) is 24.5 Å². The van der Waals surface area contributed by atoms with E-state index in [1.54, 1.807) is 6.20 Å². The molecule has 0 amide bonds. The molecular weight excluding hydrogens is 138 g/mol. The van der Waals surface area contributed by atoms with Gasteiger partial charge >= 0.3 is 0 Å². The van der Waals surface area contributed by atoms with Crippen molar-refractivity contribution in [2.75, 3.05) is 13.7 Å². The standard InChI is InChI=1S/C8H13N3/c1-9-7-11-6-8-3-2-4-10-5-8/h2-5,9,11H,6-7H2,1H3. The molecule has 0 aliphatic carbocycles. The molecule has 0 aliphatic rings. The molecule has 0 spiro atoms. The second-order valence-corrected chi connectivity index (χ2v) is 2.32. The summed E-state index contributed by atoms with van der Waals surface area (Å²) in [5.41, 5.74) is 1.21. The van der Waals surface area contributed by atoms with E-state index >= 15 is 0 Å². The van der Waals surface area contributed by atoms with Gasteiger partial charge in [0.25, 0.3) is 0 Å². The molecule has 0 saturated carbocycles. The number of hydrogen-bond donors (Lipinski definition) is 2. The molecule has 1 heterocycles. The maximum Gasteiger partial charge on any atom is 0.0454 e. The molecule has 60 valence electrons. The number of hydrogen-bond acceptors (Lipinski definition) is 3. The van der Waals surface area contributed by atoms with E-state index in [9.17, 15) is 0 Å². The lowest BCUT2D eigenvalue weighted by Gasteiger charge is -2.01. The molecule has 3 nitrogen and oxygen atoms in total. The minimum Gasteiger partial charge on any atom is -0.308 e. The van der Waals surface area contributed by atoms with Gasteiger partial charge < -0.3 is 10.6 Å². The predicted octanol–water partition coefficient (Wildman–Crippen LogP) is 0.348. The summed E-state index contributed by atoms with van der Waals surface area (Å²) in [7, 11) is 1.91. The molecule has 11 heavy (non-hydrogen) atoms. The Hall–Kier alpha value is -0.930. The van der Waals surface area contributed by atoms with Crippen LogP contribution >= 0.6 is 0 Å². The maximum atomic E-state index is 4.00. The summed E-state index contributed by atoms with van der Waals surface area (Å²) >= 11 is 0. The average Bonchev–Trinajstić information content (AvgIpc) is 2.07. The third-order valence-corrected chi connectivity index (χ3v) is 1.35. The first-order valence-corrected chi connectivity index (χ1v) is 3.67. The molecule has 1 aromatic rings. The molecule has 1 aromatic heterocycles. The molecule has 3 heteroatoms. The molecule has 0 fully saturated rings. The molecule has 1 rings (SSSR count). The SMILES string of the molecule is CNCNCc1cccnc1. The normalized spacial score (nSPS) is 9.91. The van der Waals surface area contributed by atoms with Crippen LogP contribution in [-0.4, -0.2) is 18.7 Å². The second kappa shape index (κ2) is 4.82. The summed E-state index contributed by atoms with van der Waals surface area (Å²) in [5, 5.41) is 6.21. The van der Waals surface area contributed by atoms with Crippen LogP contribution in [0.4, 0.5) is 0 Å². The summed E-state index contributed by atoms with van der Waals surface area (Å²) in [5.74, 6) is 0. The zero-order valence-electron chi connectivity index (χ0n) is 6.67. The van der Waals surface area contributed by atoms with Crippen LogP contribution in [0.2, 0.25) is 0 Å². The first-order valence-electron chi connectivity index (χ1n) is 3.67. The molecular formula is C8H13N3. The highest BCUT2D eigenvalue weighted by Crippen LogP contribution is 1.92. The topological polar surface area (TPSA) is 37.0 Å². The Kier molecular flexibility index (Phi) is 3.58. The number of nitrogens with zero attached hydrogens (tertiary/aromatic N) is 1. The van der Waals surface area contributed by atoms with E-state index in [0.29, 0.717) is 0 Å². The number of aromatic nitrogens is 1. The summed E-state index contributed by atoms with van der Waals surface area (Å²) < 4.78 is 0. The second-order valence-electron chi connectivity index (χ2n) is 2.32. The van der Waals surface area contributed by atoms with Gasteiger partial charge in [-0.05, 0) is 18.7 Å². The van der Waals surface area contributed by atoms with Gasteiger partial charge in [-0.1, -0.05) is 6.07 Å². The van der Waals surface area contributed by atoms with Gasteiger partial charge in [-0.15, -0.1) is 0 Å². The van der Waals surface area contributed by atoms with Gasteiger partial charge in [0.15, 0.2) is 0 Å². The Morgan fingerprint density at radius 3 is 3.09 bits per heavy atom. The third-order valence-electron chi connectivity index (χ3n) is 1.35. The monoisotopic (exact) mass is 151 g/mol. The number of rotatable bonds is 4. The molecule has 0 saturated heterocycles. The highest BCUT2D eigenvalue weighted by Gasteiger charge is 1.87. The lowest BCUT2D eigenvalue weighted by Crippen LogP contribution is -2.25. The van der Waals surface area contributed by atoms with Gasteiger partial charge in [0.05, 0.1) is 0 Å². The van der Waals surface area contributed by atoms with Crippen LogP contribution in [0.25, 0.3) is 0 Å². The lowest BCUT2D eigenvalue weighted by molar-refractivity contribution is 0.631. The minimum absolute atomic E-state index is 0.828. The minimum atomic E-state index is 0.828. The largest absolute Gasteiger partial charge is 0.308 e. The zero-order valence-corrected chi connectivity index (χ0v) is 6.67. The Balaban J connectivity index is 2.28. The van der Waals surface area contributed by atoms with Gasteiger partial charge in [0.1, 0.15) is 0 Å². The van der Waals surface area contributed by atoms with Crippen LogP contribution in [0.3, 0.4) is 0 Å². The van der Waals surface area contributed by atoms with Gasteiger partial charge in [-0.3, -0.25) is 4.98 Å². The summed E-state index contributed by atoms with van der Waals surface area (Å²) in [6, 6.07) is 3.99. The van der Waals surface area contributed by atoms with E-state index in [1.165, 1.54) is 5.56 Å². The Labute approximate surface area is 66.8 Å². The van der Waals surface area contributed by atoms with E-state index in [-0.39, 0.29) is 0 Å². The van der Waals surface area contributed by atoms with Gasteiger partial charge in [0, 0.05) is 25.6 Å². The molecule has 0 radical (unpaired) electrons. The van der Waals surface area contributed by atoms with Gasteiger partial charge in [-0.25, -0.2) is 0 Å². The van der Waals surface area contributed by atoms with Crippen molar-refractivity contribution in [2.24, 2.45) is 0 Å². The van der Waals surface area contributed by atoms with Crippen molar-refractivity contribution in [3.63, 3.8) is 0 Å². The van der Waals surface area contributed by atoms with Crippen molar-refractivity contribution in [2.45, 2.75) is 6.54 Å². The molecule has 0 aliphatic heterocycles. The molecule has 0 atom stereocenters. The molecule has 2 N–H and O–H groups in total. The van der Waals surface area contributed by atoms with E-state index in [4.69, 9.17) is 0 Å². The van der Waals surface area contributed by atoms with E-state index in [0.717, 1.165) is 13.2 Å². The Bertz CT molecular complexity index is 186. The molecule has 0 bridgehead atoms. The van der Waals surface area contributed by atoms with Crippen molar-refractivity contribution in [1.29, 1.82) is 0 Å². The maximum absolute atomic E-state index is 4.00. The summed E-state index contributed by atoms with van der Waals surface area (Å²) in [6.45, 7) is 1.70. The van der Waals surface area contributed by atoms with Gasteiger partial charge in [0.2, 0.25) is 0 Å². The summed E-state index contributed by atoms with van der Waals surface area (Å²) in [6.07, 6.45) is 3.64. The Morgan fingerprint density at radius 1 is 1.55 bits per heavy atom. The van der Waals surface area contributed by atoms with E-state index in [1.807, 2.05) is 19.3 Å². The predicted molar refractivity (Wildman–Crippen MR) is 45.0 cm³/mol. The van der Waals surface area contributed by atoms with Crippen LogP contribution in [0.5, 0.6) is 0 Å². The van der Waals surface area contributed by atoms with Gasteiger partial charge in [-0.2, -0.15) is 0 Å². The first-order chi connectivity index (χ1) is 5.43. The third kappa shape index (κ3) is 3.11. The van der Waals surface area contributed by atoms with E-state index in [2.05, 4.69) is 21.7 Å². The van der Waals surface area contributed by atoms with Crippen molar-refractivity contribution in [3.05, 3.63) is 30.1 Å². The fraction of sp³-hybridized carbons (Fsp3) is 0.375. The number of nitrogens with one attached hydrogen (secondary N) is 2. The molecule has 0 unspecified atom stereocenters. The van der Waals surface area contributed by atoms with Crippen LogP contribution in [0, 0.1) is 0 Å². The molecule has 0 aromatic carbocycles. The lowest BCUT2D eigenvalue weighted by atomic mass is 10.3. The van der Waals surface area contributed by atoms with Crippen molar-refractivity contribution in [3.8, 4) is 0 Å². The highest BCUT2D eigenvalue weighted by atomic mass is 15.0. The van der Waals surface area contributed by atoms with Crippen LogP contribution in [-0.2, 0) is 6.54 Å². The first kappa shape index (κ1) is 8.17. The van der Waals surface area contributed by atoms with Crippen molar-refractivity contribution in [1.82, 2.24) is 15.6 Å².